The third-order valence-corrected chi connectivity index (χ3v) is 6.27. The highest BCUT2D eigenvalue weighted by Gasteiger charge is 2.24. The molecule has 0 saturated carbocycles. The van der Waals surface area contributed by atoms with E-state index in [-0.39, 0.29) is 24.3 Å². The summed E-state index contributed by atoms with van der Waals surface area (Å²) in [5.41, 5.74) is 2.35. The molecule has 1 amide bonds. The number of methoxy groups -OCH3 is 1. The van der Waals surface area contributed by atoms with Crippen molar-refractivity contribution in [1.82, 2.24) is 20.6 Å². The van der Waals surface area contributed by atoms with Crippen LogP contribution >= 0.6 is 23.2 Å². The molecule has 11 heteroatoms. The predicted octanol–water partition coefficient (Wildman–Crippen LogP) is 5.47. The summed E-state index contributed by atoms with van der Waals surface area (Å²) in [6.07, 6.45) is 2.99. The van der Waals surface area contributed by atoms with Crippen molar-refractivity contribution in [3.63, 3.8) is 0 Å². The van der Waals surface area contributed by atoms with Crippen LogP contribution in [-0.2, 0) is 25.6 Å². The van der Waals surface area contributed by atoms with Crippen molar-refractivity contribution in [2.45, 2.75) is 52.3 Å². The van der Waals surface area contributed by atoms with Gasteiger partial charge in [0.2, 0.25) is 0 Å². The van der Waals surface area contributed by atoms with Gasteiger partial charge in [-0.25, -0.2) is 9.97 Å². The van der Waals surface area contributed by atoms with E-state index in [1.165, 1.54) is 13.3 Å². The number of carbonyl (C=O) groups excluding carboxylic acids is 2. The van der Waals surface area contributed by atoms with E-state index < -0.39 is 23.5 Å². The van der Waals surface area contributed by atoms with Crippen molar-refractivity contribution in [3.8, 4) is 0 Å². The number of rotatable bonds is 11. The first-order valence-corrected chi connectivity index (χ1v) is 13.3. The second-order valence-corrected chi connectivity index (χ2v) is 11.0. The molecule has 3 rings (SSSR count). The van der Waals surface area contributed by atoms with Crippen molar-refractivity contribution >= 4 is 51.8 Å². The molecule has 3 aromatic rings. The average Bonchev–Trinajstić information content (AvgIpc) is 2.88. The number of benzene rings is 1. The van der Waals surface area contributed by atoms with E-state index >= 15 is 0 Å². The third-order valence-electron chi connectivity index (χ3n) is 5.83. The van der Waals surface area contributed by atoms with Crippen molar-refractivity contribution in [2.24, 2.45) is 0 Å². The van der Waals surface area contributed by atoms with Gasteiger partial charge in [0.1, 0.15) is 0 Å². The Bertz CT molecular complexity index is 1420. The molecule has 0 radical (unpaired) electrons. The summed E-state index contributed by atoms with van der Waals surface area (Å²) >= 11 is 12.4. The van der Waals surface area contributed by atoms with E-state index in [4.69, 9.17) is 38.1 Å². The fourth-order valence-corrected chi connectivity index (χ4v) is 4.29. The number of aromatic nitrogens is 2. The minimum atomic E-state index is -0.810. The zero-order valence-corrected chi connectivity index (χ0v) is 24.6. The van der Waals surface area contributed by atoms with Crippen LogP contribution in [0.2, 0.25) is 10.0 Å². The van der Waals surface area contributed by atoms with Gasteiger partial charge in [0.05, 0.1) is 43.1 Å². The molecule has 2 aromatic heterocycles. The zero-order valence-electron chi connectivity index (χ0n) is 23.1. The first-order valence-electron chi connectivity index (χ1n) is 12.6. The maximum atomic E-state index is 13.6. The van der Waals surface area contributed by atoms with Crippen LogP contribution < -0.4 is 10.6 Å². The molecule has 40 heavy (non-hydrogen) atoms. The molecule has 0 bridgehead atoms. The monoisotopic (exact) mass is 585 g/mol. The van der Waals surface area contributed by atoms with Crippen LogP contribution in [0.3, 0.4) is 0 Å². The van der Waals surface area contributed by atoms with E-state index in [0.717, 1.165) is 16.6 Å². The highest BCUT2D eigenvalue weighted by atomic mass is 35.5. The molecule has 0 aliphatic heterocycles. The second kappa shape index (κ2) is 13.7. The summed E-state index contributed by atoms with van der Waals surface area (Å²) in [6, 6.07) is 9.72. The van der Waals surface area contributed by atoms with Crippen LogP contribution in [-0.4, -0.2) is 46.9 Å². The van der Waals surface area contributed by atoms with Crippen molar-refractivity contribution in [2.75, 3.05) is 13.7 Å². The van der Waals surface area contributed by atoms with E-state index in [1.807, 2.05) is 45.9 Å². The number of hydrogen-bond acceptors (Lipinski definition) is 8. The van der Waals surface area contributed by atoms with Gasteiger partial charge in [-0.1, -0.05) is 23.2 Å². The minimum Gasteiger partial charge on any atom is -0.469 e. The van der Waals surface area contributed by atoms with Gasteiger partial charge >= 0.3 is 5.97 Å². The Balaban J connectivity index is 1.88. The number of ether oxygens (including phenoxy) is 2. The van der Waals surface area contributed by atoms with Gasteiger partial charge < -0.3 is 25.5 Å². The fraction of sp³-hybridized carbons (Fsp3) is 0.345. The van der Waals surface area contributed by atoms with Crippen LogP contribution in [0.4, 0.5) is 0 Å². The molecule has 0 saturated heterocycles. The van der Waals surface area contributed by atoms with E-state index in [9.17, 15) is 9.59 Å². The first kappa shape index (κ1) is 31.0. The summed E-state index contributed by atoms with van der Waals surface area (Å²) in [4.78, 5) is 34.6. The molecule has 0 aliphatic carbocycles. The molecule has 1 aromatic carbocycles. The highest BCUT2D eigenvalue weighted by molar-refractivity contribution is 6.34. The Morgan fingerprint density at radius 3 is 2.50 bits per heavy atom. The lowest BCUT2D eigenvalue weighted by Crippen LogP contribution is -2.36. The number of carbonyl (C=O) groups is 2. The molecule has 212 valence electrons. The third kappa shape index (κ3) is 9.01. The number of pyridine rings is 2. The van der Waals surface area contributed by atoms with Crippen LogP contribution in [0.1, 0.15) is 50.1 Å². The van der Waals surface area contributed by atoms with Gasteiger partial charge in [0.25, 0.3) is 5.91 Å². The second-order valence-electron chi connectivity index (χ2n) is 10.1. The number of nitrogens with zero attached hydrogens (tertiary/aromatic N) is 2. The summed E-state index contributed by atoms with van der Waals surface area (Å²) in [5, 5.41) is 16.2. The summed E-state index contributed by atoms with van der Waals surface area (Å²) in [5.74, 6) is -1.12. The maximum Gasteiger partial charge on any atom is 0.307 e. The van der Waals surface area contributed by atoms with Crippen molar-refractivity contribution in [3.05, 3.63) is 81.2 Å². The lowest BCUT2D eigenvalue weighted by molar-refractivity contribution is -0.141. The summed E-state index contributed by atoms with van der Waals surface area (Å²) < 4.78 is 10.6. The Morgan fingerprint density at radius 2 is 1.85 bits per heavy atom. The van der Waals surface area contributed by atoms with Gasteiger partial charge in [-0.15, -0.1) is 0 Å². The predicted molar refractivity (Wildman–Crippen MR) is 157 cm³/mol. The zero-order chi connectivity index (χ0) is 29.4. The molecule has 0 aliphatic rings. The smallest absolute Gasteiger partial charge is 0.307 e. The molecular formula is C29H33Cl2N5O4. The Hall–Kier alpha value is -3.53. The Morgan fingerprint density at radius 1 is 1.15 bits per heavy atom. The number of nitrogens with one attached hydrogen (secondary N) is 3. The van der Waals surface area contributed by atoms with Gasteiger partial charge in [0, 0.05) is 40.1 Å². The molecular weight excluding hydrogens is 553 g/mol. The number of amides is 1. The van der Waals surface area contributed by atoms with E-state index in [0.29, 0.717) is 27.8 Å². The number of esters is 1. The lowest BCUT2D eigenvalue weighted by Gasteiger charge is -2.22. The minimum absolute atomic E-state index is 0.0420. The number of hydrogen-bond donors (Lipinski definition) is 3. The van der Waals surface area contributed by atoms with Crippen molar-refractivity contribution < 1.29 is 19.1 Å². The largest absolute Gasteiger partial charge is 0.469 e. The molecule has 1 unspecified atom stereocenters. The fourth-order valence-electron chi connectivity index (χ4n) is 3.75. The topological polar surface area (TPSA) is 126 Å². The van der Waals surface area contributed by atoms with E-state index in [2.05, 4.69) is 20.6 Å². The normalized spacial score (nSPS) is 12.6. The first-order chi connectivity index (χ1) is 18.9. The lowest BCUT2D eigenvalue weighted by atomic mass is 10.0. The standard InChI is InChI=1S/C29H33Cl2N5O4/c1-17-20(9-18-7-6-8-34-27(18)35-17)14-33-15-23(24(32)16-40-29(2,3)4)28(38)36-25(13-26(37)39-5)19-10-21(30)12-22(31)11-19/h6-12,15,25,32-33H,13-14,16H2,1-5H3,(H,36,38)/b23-15+,32-24?. The van der Waals surface area contributed by atoms with Crippen LogP contribution in [0.25, 0.3) is 11.0 Å². The molecule has 2 heterocycles. The summed E-state index contributed by atoms with van der Waals surface area (Å²) in [6.45, 7) is 7.72. The number of halogens is 2. The van der Waals surface area contributed by atoms with Crippen LogP contribution in [0.15, 0.2) is 54.4 Å². The number of fused-ring (bicyclic) bond motifs is 1. The maximum absolute atomic E-state index is 13.6. The summed E-state index contributed by atoms with van der Waals surface area (Å²) in [7, 11) is 1.26. The number of aryl methyl sites for hydroxylation is 1. The Labute approximate surface area is 243 Å². The van der Waals surface area contributed by atoms with E-state index in [1.54, 1.807) is 24.4 Å². The quantitative estimate of drug-likeness (QED) is 0.154. The molecule has 1 atom stereocenters. The van der Waals surface area contributed by atoms with Gasteiger partial charge in [-0.05, 0) is 75.2 Å². The molecule has 9 nitrogen and oxygen atoms in total. The molecule has 3 N–H and O–H groups in total. The van der Waals surface area contributed by atoms with Gasteiger partial charge in [-0.2, -0.15) is 0 Å². The van der Waals surface area contributed by atoms with Crippen molar-refractivity contribution in [1.29, 1.82) is 5.41 Å². The molecule has 0 fully saturated rings. The highest BCUT2D eigenvalue weighted by Crippen LogP contribution is 2.26. The average molecular weight is 587 g/mol. The Kier molecular flexibility index (Phi) is 10.6. The van der Waals surface area contributed by atoms with Gasteiger partial charge in [0.15, 0.2) is 5.65 Å². The van der Waals surface area contributed by atoms with Gasteiger partial charge in [-0.3, -0.25) is 9.59 Å². The SMILES string of the molecule is COC(=O)CC(NC(=O)/C(=C/NCc1cc2cccnc2nc1C)C(=N)COC(C)(C)C)c1cc(Cl)cc(Cl)c1. The van der Waals surface area contributed by atoms with Crippen LogP contribution in [0, 0.1) is 12.3 Å². The van der Waals surface area contributed by atoms with Crippen LogP contribution in [0.5, 0.6) is 0 Å². The molecule has 0 spiro atoms.